The van der Waals surface area contributed by atoms with Crippen LogP contribution in [-0.4, -0.2) is 31.1 Å². The van der Waals surface area contributed by atoms with Crippen LogP contribution in [0.3, 0.4) is 0 Å². The maximum Gasteiger partial charge on any atom is 0.354 e. The molecular weight excluding hydrogens is 280 g/mol. The normalized spacial score (nSPS) is 10.7. The number of anilines is 1. The van der Waals surface area contributed by atoms with Crippen molar-refractivity contribution in [3.63, 3.8) is 0 Å². The van der Waals surface area contributed by atoms with E-state index in [4.69, 9.17) is 0 Å². The molecule has 0 bridgehead atoms. The molecule has 0 aliphatic heterocycles. The maximum absolute atomic E-state index is 11.6. The molecule has 1 N–H and O–H groups in total. The van der Waals surface area contributed by atoms with Crippen molar-refractivity contribution < 1.29 is 24.0 Å². The van der Waals surface area contributed by atoms with Crippen molar-refractivity contribution in [2.24, 2.45) is 0 Å². The lowest BCUT2D eigenvalue weighted by Crippen LogP contribution is -2.16. The third-order valence-corrected chi connectivity index (χ3v) is 2.64. The monoisotopic (exact) mass is 294 g/mol. The quantitative estimate of drug-likeness (QED) is 0.380. The van der Waals surface area contributed by atoms with Crippen LogP contribution >= 0.6 is 0 Å². The zero-order valence-electron chi connectivity index (χ0n) is 11.7. The van der Waals surface area contributed by atoms with Crippen LogP contribution in [0.15, 0.2) is 30.0 Å². The highest BCUT2D eigenvalue weighted by atomic mass is 16.6. The number of carbonyl (C=O) groups excluding carboxylic acids is 2. The van der Waals surface area contributed by atoms with Crippen molar-refractivity contribution in [3.8, 4) is 0 Å². The molecule has 21 heavy (non-hydrogen) atoms. The van der Waals surface area contributed by atoms with Gasteiger partial charge in [0.25, 0.3) is 5.69 Å². The van der Waals surface area contributed by atoms with Crippen LogP contribution < -0.4 is 5.32 Å². The van der Waals surface area contributed by atoms with Crippen LogP contribution in [0.25, 0.3) is 0 Å². The van der Waals surface area contributed by atoms with Crippen molar-refractivity contribution in [2.75, 3.05) is 19.5 Å². The number of hydrogen-bond donors (Lipinski definition) is 1. The molecule has 0 amide bonds. The van der Waals surface area contributed by atoms with Gasteiger partial charge in [0.2, 0.25) is 0 Å². The standard InChI is InChI=1S/C13H14N2O6/c1-8-9(5-4-6-11(8)15(18)19)14-10(13(17)21-3)7-12(16)20-2/h4-7,14H,1-3H3/b10-7-. The summed E-state index contributed by atoms with van der Waals surface area (Å²) in [5, 5.41) is 13.5. The molecule has 0 aliphatic carbocycles. The van der Waals surface area contributed by atoms with Crippen molar-refractivity contribution >= 4 is 23.3 Å². The molecule has 0 unspecified atom stereocenters. The minimum Gasteiger partial charge on any atom is -0.466 e. The summed E-state index contributed by atoms with van der Waals surface area (Å²) < 4.78 is 8.97. The Hall–Kier alpha value is -2.90. The Labute approximate surface area is 120 Å². The van der Waals surface area contributed by atoms with Crippen LogP contribution in [0.2, 0.25) is 0 Å². The van der Waals surface area contributed by atoms with Gasteiger partial charge in [0.15, 0.2) is 0 Å². The van der Waals surface area contributed by atoms with E-state index >= 15 is 0 Å². The SMILES string of the molecule is COC(=O)/C=C(\Nc1cccc([N+](=O)[O-])c1C)C(=O)OC. The van der Waals surface area contributed by atoms with Gasteiger partial charge in [-0.05, 0) is 13.0 Å². The Balaban J connectivity index is 3.19. The molecule has 1 rings (SSSR count). The van der Waals surface area contributed by atoms with Crippen molar-refractivity contribution in [1.29, 1.82) is 0 Å². The molecular formula is C13H14N2O6. The fraction of sp³-hybridized carbons (Fsp3) is 0.231. The molecule has 0 heterocycles. The number of nitro benzene ring substituents is 1. The van der Waals surface area contributed by atoms with Gasteiger partial charge in [-0.25, -0.2) is 9.59 Å². The van der Waals surface area contributed by atoms with E-state index in [0.29, 0.717) is 11.3 Å². The van der Waals surface area contributed by atoms with E-state index in [-0.39, 0.29) is 11.4 Å². The number of ether oxygens (including phenoxy) is 2. The minimum absolute atomic E-state index is 0.109. The second-order valence-electron chi connectivity index (χ2n) is 3.90. The molecule has 1 aromatic rings. The molecule has 0 aromatic heterocycles. The summed E-state index contributed by atoms with van der Waals surface area (Å²) >= 11 is 0. The summed E-state index contributed by atoms with van der Waals surface area (Å²) in [5.74, 6) is -1.56. The smallest absolute Gasteiger partial charge is 0.354 e. The van der Waals surface area contributed by atoms with E-state index < -0.39 is 16.9 Å². The molecule has 112 valence electrons. The number of hydrogen-bond acceptors (Lipinski definition) is 7. The van der Waals surface area contributed by atoms with Gasteiger partial charge in [-0.3, -0.25) is 10.1 Å². The average molecular weight is 294 g/mol. The van der Waals surface area contributed by atoms with Crippen molar-refractivity contribution in [2.45, 2.75) is 6.92 Å². The van der Waals surface area contributed by atoms with E-state index in [1.54, 1.807) is 0 Å². The highest BCUT2D eigenvalue weighted by molar-refractivity contribution is 5.98. The summed E-state index contributed by atoms with van der Waals surface area (Å²) in [7, 11) is 2.31. The molecule has 8 heteroatoms. The Kier molecular flexibility index (Phi) is 5.41. The first-order chi connectivity index (χ1) is 9.90. The largest absolute Gasteiger partial charge is 0.466 e. The molecule has 1 aromatic carbocycles. The van der Waals surface area contributed by atoms with E-state index in [9.17, 15) is 19.7 Å². The number of esters is 2. The van der Waals surface area contributed by atoms with Crippen molar-refractivity contribution in [3.05, 3.63) is 45.6 Å². The van der Waals surface area contributed by atoms with Gasteiger partial charge in [0, 0.05) is 11.8 Å². The van der Waals surface area contributed by atoms with Gasteiger partial charge >= 0.3 is 11.9 Å². The van der Waals surface area contributed by atoms with Gasteiger partial charge < -0.3 is 14.8 Å². The zero-order valence-corrected chi connectivity index (χ0v) is 11.7. The summed E-state index contributed by atoms with van der Waals surface area (Å²) in [5.41, 5.74) is 0.335. The van der Waals surface area contributed by atoms with Crippen LogP contribution in [0.4, 0.5) is 11.4 Å². The fourth-order valence-electron chi connectivity index (χ4n) is 1.53. The van der Waals surface area contributed by atoms with Gasteiger partial charge in [-0.15, -0.1) is 0 Å². The van der Waals surface area contributed by atoms with Crippen molar-refractivity contribution in [1.82, 2.24) is 0 Å². The zero-order chi connectivity index (χ0) is 16.0. The second kappa shape index (κ2) is 7.04. The third kappa shape index (κ3) is 4.03. The third-order valence-electron chi connectivity index (χ3n) is 2.64. The number of carbonyl (C=O) groups is 2. The summed E-state index contributed by atoms with van der Waals surface area (Å²) in [6, 6.07) is 4.33. The molecule has 0 atom stereocenters. The summed E-state index contributed by atoms with van der Waals surface area (Å²) in [6.45, 7) is 1.52. The van der Waals surface area contributed by atoms with Crippen LogP contribution in [-0.2, 0) is 19.1 Å². The van der Waals surface area contributed by atoms with Gasteiger partial charge in [-0.1, -0.05) is 6.07 Å². The Morgan fingerprint density at radius 3 is 2.48 bits per heavy atom. The molecule has 0 radical (unpaired) electrons. The first kappa shape index (κ1) is 16.2. The first-order valence-electron chi connectivity index (χ1n) is 5.79. The number of rotatable bonds is 5. The minimum atomic E-state index is -0.800. The molecule has 0 spiro atoms. The number of methoxy groups -OCH3 is 2. The lowest BCUT2D eigenvalue weighted by molar-refractivity contribution is -0.385. The number of nitrogens with one attached hydrogen (secondary N) is 1. The number of benzene rings is 1. The number of nitro groups is 1. The lowest BCUT2D eigenvalue weighted by Gasteiger charge is -2.11. The summed E-state index contributed by atoms with van der Waals surface area (Å²) in [6.07, 6.45) is 0.907. The topological polar surface area (TPSA) is 108 Å². The van der Waals surface area contributed by atoms with Gasteiger partial charge in [0.05, 0.1) is 30.8 Å². The lowest BCUT2D eigenvalue weighted by atomic mass is 10.1. The second-order valence-corrected chi connectivity index (χ2v) is 3.90. The van der Waals surface area contributed by atoms with Gasteiger partial charge in [-0.2, -0.15) is 0 Å². The average Bonchev–Trinajstić information content (AvgIpc) is 2.47. The predicted octanol–water partition coefficient (Wildman–Crippen LogP) is 1.55. The Bertz CT molecular complexity index is 609. The van der Waals surface area contributed by atoms with Crippen LogP contribution in [0, 0.1) is 17.0 Å². The van der Waals surface area contributed by atoms with E-state index in [0.717, 1.165) is 20.3 Å². The molecule has 8 nitrogen and oxygen atoms in total. The Morgan fingerprint density at radius 1 is 1.29 bits per heavy atom. The molecule has 0 fully saturated rings. The Morgan fingerprint density at radius 2 is 1.95 bits per heavy atom. The first-order valence-corrected chi connectivity index (χ1v) is 5.79. The van der Waals surface area contributed by atoms with E-state index in [1.807, 2.05) is 0 Å². The highest BCUT2D eigenvalue weighted by Gasteiger charge is 2.17. The van der Waals surface area contributed by atoms with E-state index in [1.165, 1.54) is 25.1 Å². The molecule has 0 saturated carbocycles. The highest BCUT2D eigenvalue weighted by Crippen LogP contribution is 2.26. The molecule has 0 aliphatic rings. The molecule has 0 saturated heterocycles. The fourth-order valence-corrected chi connectivity index (χ4v) is 1.53. The maximum atomic E-state index is 11.6. The predicted molar refractivity (Wildman–Crippen MR) is 73.6 cm³/mol. The van der Waals surface area contributed by atoms with E-state index in [2.05, 4.69) is 14.8 Å². The van der Waals surface area contributed by atoms with Gasteiger partial charge in [0.1, 0.15) is 5.70 Å². The van der Waals surface area contributed by atoms with Crippen LogP contribution in [0.5, 0.6) is 0 Å². The number of nitrogens with zero attached hydrogens (tertiary/aromatic N) is 1. The van der Waals surface area contributed by atoms with Crippen LogP contribution in [0.1, 0.15) is 5.56 Å². The summed E-state index contributed by atoms with van der Waals surface area (Å²) in [4.78, 5) is 33.2.